The predicted molar refractivity (Wildman–Crippen MR) is 71.3 cm³/mol. The van der Waals surface area contributed by atoms with Crippen molar-refractivity contribution < 1.29 is 14.6 Å². The molecule has 0 aromatic heterocycles. The van der Waals surface area contributed by atoms with Gasteiger partial charge in [0.15, 0.2) is 0 Å². The molecule has 0 amide bonds. The minimum atomic E-state index is -0.731. The number of nitrogens with one attached hydrogen (secondary N) is 1. The van der Waals surface area contributed by atoms with Crippen LogP contribution in [0.5, 0.6) is 5.75 Å². The summed E-state index contributed by atoms with van der Waals surface area (Å²) in [5.41, 5.74) is 1.08. The fourth-order valence-corrected chi connectivity index (χ4v) is 3.04. The van der Waals surface area contributed by atoms with E-state index < -0.39 is 5.97 Å². The minimum absolute atomic E-state index is 0.0599. The maximum Gasteiger partial charge on any atom is 0.307 e. The Morgan fingerprint density at radius 3 is 2.89 bits per heavy atom. The second-order valence-electron chi connectivity index (χ2n) is 4.31. The van der Waals surface area contributed by atoms with Crippen LogP contribution in [0.25, 0.3) is 0 Å². The molecule has 1 aromatic rings. The van der Waals surface area contributed by atoms with Crippen molar-refractivity contribution in [3.63, 3.8) is 0 Å². The Morgan fingerprint density at radius 1 is 1.56 bits per heavy atom. The van der Waals surface area contributed by atoms with Crippen molar-refractivity contribution in [3.05, 3.63) is 23.8 Å². The normalized spacial score (nSPS) is 23.0. The summed E-state index contributed by atoms with van der Waals surface area (Å²) in [5, 5.41) is 12.3. The van der Waals surface area contributed by atoms with Crippen LogP contribution < -0.4 is 10.1 Å². The molecule has 1 saturated heterocycles. The van der Waals surface area contributed by atoms with Crippen molar-refractivity contribution >= 4 is 17.7 Å². The van der Waals surface area contributed by atoms with Gasteiger partial charge in [-0.1, -0.05) is 6.07 Å². The van der Waals surface area contributed by atoms with E-state index >= 15 is 0 Å². The van der Waals surface area contributed by atoms with Gasteiger partial charge in [0.25, 0.3) is 0 Å². The number of thioether (sulfide) groups is 1. The lowest BCUT2D eigenvalue weighted by Crippen LogP contribution is -2.17. The molecule has 18 heavy (non-hydrogen) atoms. The quantitative estimate of drug-likeness (QED) is 0.819. The summed E-state index contributed by atoms with van der Waals surface area (Å²) in [6.07, 6.45) is 2.63. The van der Waals surface area contributed by atoms with Crippen LogP contribution in [0.3, 0.4) is 0 Å². The smallest absolute Gasteiger partial charge is 0.307 e. The van der Waals surface area contributed by atoms with Crippen LogP contribution in [0.4, 0.5) is 0 Å². The van der Waals surface area contributed by atoms with Gasteiger partial charge >= 0.3 is 5.97 Å². The number of carbonyl (C=O) groups is 1. The van der Waals surface area contributed by atoms with Gasteiger partial charge in [0.1, 0.15) is 5.75 Å². The minimum Gasteiger partial charge on any atom is -0.496 e. The molecule has 2 atom stereocenters. The molecule has 98 valence electrons. The Hall–Kier alpha value is -1.20. The molecule has 2 N–H and O–H groups in total. The highest BCUT2D eigenvalue weighted by atomic mass is 32.2. The third-order valence-corrected chi connectivity index (χ3v) is 4.09. The summed E-state index contributed by atoms with van der Waals surface area (Å²) in [4.78, 5) is 12.1. The maximum absolute atomic E-state index is 11.0. The summed E-state index contributed by atoms with van der Waals surface area (Å²) in [5.74, 6) is -0.217. The Balaban J connectivity index is 2.30. The maximum atomic E-state index is 11.0. The van der Waals surface area contributed by atoms with Gasteiger partial charge in [0.05, 0.1) is 13.0 Å². The van der Waals surface area contributed by atoms with Gasteiger partial charge in [-0.3, -0.25) is 4.79 Å². The Kier molecular flexibility index (Phi) is 4.14. The average molecular weight is 267 g/mol. The van der Waals surface area contributed by atoms with Crippen LogP contribution in [0.2, 0.25) is 0 Å². The van der Waals surface area contributed by atoms with E-state index in [1.165, 1.54) is 0 Å². The van der Waals surface area contributed by atoms with Crippen molar-refractivity contribution in [2.75, 3.05) is 19.9 Å². The van der Waals surface area contributed by atoms with Crippen LogP contribution >= 0.6 is 11.8 Å². The van der Waals surface area contributed by atoms with Gasteiger partial charge in [-0.25, -0.2) is 0 Å². The number of hydrogen-bond donors (Lipinski definition) is 2. The summed E-state index contributed by atoms with van der Waals surface area (Å²) in [7, 11) is 1.65. The fourth-order valence-electron chi connectivity index (χ4n) is 2.37. The van der Waals surface area contributed by atoms with Crippen molar-refractivity contribution in [1.29, 1.82) is 0 Å². The molecule has 0 spiro atoms. The van der Waals surface area contributed by atoms with Gasteiger partial charge in [0.2, 0.25) is 0 Å². The Morgan fingerprint density at radius 2 is 2.33 bits per heavy atom. The van der Waals surface area contributed by atoms with E-state index in [4.69, 9.17) is 9.84 Å². The zero-order valence-corrected chi connectivity index (χ0v) is 11.3. The third kappa shape index (κ3) is 2.47. The molecule has 0 bridgehead atoms. The molecule has 1 heterocycles. The number of hydrogen-bond acceptors (Lipinski definition) is 4. The molecule has 0 aliphatic carbocycles. The molecular weight excluding hydrogens is 250 g/mol. The molecule has 1 aliphatic rings. The SMILES string of the molecule is COc1cccc(SC)c1C1CC(C(=O)O)CN1. The number of benzene rings is 1. The highest BCUT2D eigenvalue weighted by molar-refractivity contribution is 7.98. The Labute approximate surface area is 111 Å². The summed E-state index contributed by atoms with van der Waals surface area (Å²) < 4.78 is 5.40. The first-order chi connectivity index (χ1) is 8.67. The second-order valence-corrected chi connectivity index (χ2v) is 5.16. The molecule has 2 rings (SSSR count). The third-order valence-electron chi connectivity index (χ3n) is 3.29. The first-order valence-corrected chi connectivity index (χ1v) is 7.07. The molecule has 1 aliphatic heterocycles. The zero-order valence-electron chi connectivity index (χ0n) is 10.5. The van der Waals surface area contributed by atoms with Gasteiger partial charge in [-0.05, 0) is 24.8 Å². The lowest BCUT2D eigenvalue weighted by atomic mass is 9.99. The molecule has 5 heteroatoms. The molecule has 1 aromatic carbocycles. The average Bonchev–Trinajstić information content (AvgIpc) is 2.87. The fraction of sp³-hybridized carbons (Fsp3) is 0.462. The van der Waals surface area contributed by atoms with Crippen LogP contribution in [-0.4, -0.2) is 31.0 Å². The molecule has 1 fully saturated rings. The number of carboxylic acid groups (broad SMARTS) is 1. The van der Waals surface area contributed by atoms with E-state index in [1.54, 1.807) is 18.9 Å². The van der Waals surface area contributed by atoms with E-state index in [1.807, 2.05) is 24.5 Å². The van der Waals surface area contributed by atoms with Crippen LogP contribution in [0.1, 0.15) is 18.0 Å². The predicted octanol–water partition coefficient (Wildman–Crippen LogP) is 2.15. The van der Waals surface area contributed by atoms with E-state index in [0.29, 0.717) is 13.0 Å². The lowest BCUT2D eigenvalue weighted by molar-refractivity contribution is -0.141. The van der Waals surface area contributed by atoms with Gasteiger partial charge in [-0.2, -0.15) is 0 Å². The first kappa shape index (κ1) is 13.2. The van der Waals surface area contributed by atoms with Gasteiger partial charge < -0.3 is 15.2 Å². The standard InChI is InChI=1S/C13H17NO3S/c1-17-10-4-3-5-11(18-2)12(10)9-6-8(7-14-9)13(15)16/h3-5,8-9,14H,6-7H2,1-2H3,(H,15,16). The van der Waals surface area contributed by atoms with Crippen LogP contribution in [0.15, 0.2) is 23.1 Å². The topological polar surface area (TPSA) is 58.6 Å². The van der Waals surface area contributed by atoms with Crippen molar-refractivity contribution in [2.24, 2.45) is 5.92 Å². The summed E-state index contributed by atoms with van der Waals surface area (Å²) in [6.45, 7) is 0.520. The molecule has 2 unspecified atom stereocenters. The van der Waals surface area contributed by atoms with E-state index in [9.17, 15) is 4.79 Å². The number of aliphatic carboxylic acids is 1. The number of rotatable bonds is 4. The number of methoxy groups -OCH3 is 1. The molecule has 0 radical (unpaired) electrons. The van der Waals surface area contributed by atoms with Crippen molar-refractivity contribution in [3.8, 4) is 5.75 Å². The van der Waals surface area contributed by atoms with Crippen molar-refractivity contribution in [2.45, 2.75) is 17.4 Å². The zero-order chi connectivity index (χ0) is 13.1. The van der Waals surface area contributed by atoms with Gasteiger partial charge in [-0.15, -0.1) is 11.8 Å². The van der Waals surface area contributed by atoms with Crippen LogP contribution in [0, 0.1) is 5.92 Å². The molecular formula is C13H17NO3S. The largest absolute Gasteiger partial charge is 0.496 e. The summed E-state index contributed by atoms with van der Waals surface area (Å²) >= 11 is 1.65. The number of carboxylic acids is 1. The highest BCUT2D eigenvalue weighted by Gasteiger charge is 2.32. The van der Waals surface area contributed by atoms with E-state index in [0.717, 1.165) is 16.2 Å². The van der Waals surface area contributed by atoms with Crippen LogP contribution in [-0.2, 0) is 4.79 Å². The monoisotopic (exact) mass is 267 g/mol. The molecule has 4 nitrogen and oxygen atoms in total. The van der Waals surface area contributed by atoms with E-state index in [2.05, 4.69) is 5.32 Å². The van der Waals surface area contributed by atoms with Gasteiger partial charge in [0, 0.05) is 23.0 Å². The highest BCUT2D eigenvalue weighted by Crippen LogP contribution is 2.38. The summed E-state index contributed by atoms with van der Waals surface area (Å²) in [6, 6.07) is 5.98. The Bertz CT molecular complexity index is 428. The number of ether oxygens (including phenoxy) is 1. The first-order valence-electron chi connectivity index (χ1n) is 5.84. The second kappa shape index (κ2) is 5.63. The lowest BCUT2D eigenvalue weighted by Gasteiger charge is -2.18. The van der Waals surface area contributed by atoms with Crippen molar-refractivity contribution in [1.82, 2.24) is 5.32 Å². The van der Waals surface area contributed by atoms with E-state index in [-0.39, 0.29) is 12.0 Å². The molecule has 0 saturated carbocycles.